The van der Waals surface area contributed by atoms with Crippen LogP contribution in [0.15, 0.2) is 23.1 Å². The quantitative estimate of drug-likeness (QED) is 0.833. The second-order valence-electron chi connectivity index (χ2n) is 4.44. The van der Waals surface area contributed by atoms with Crippen LogP contribution in [0.2, 0.25) is 5.02 Å². The summed E-state index contributed by atoms with van der Waals surface area (Å²) < 4.78 is 40.0. The normalized spacial score (nSPS) is 12.1. The summed E-state index contributed by atoms with van der Waals surface area (Å²) in [4.78, 5) is -0.536. The number of sulfonamides is 1. The van der Waals surface area contributed by atoms with E-state index < -0.39 is 26.3 Å². The molecule has 1 rings (SSSR count). The monoisotopic (exact) mass is 344 g/mol. The lowest BCUT2D eigenvalue weighted by molar-refractivity contribution is 0.391. The van der Waals surface area contributed by atoms with Crippen LogP contribution >= 0.6 is 24.0 Å². The van der Waals surface area contributed by atoms with E-state index in [1.807, 2.05) is 13.8 Å². The van der Waals surface area contributed by atoms with Gasteiger partial charge in [-0.25, -0.2) is 17.5 Å². The van der Waals surface area contributed by atoms with Gasteiger partial charge in [-0.3, -0.25) is 0 Å². The Labute approximate surface area is 130 Å². The highest BCUT2D eigenvalue weighted by molar-refractivity contribution is 7.89. The summed E-state index contributed by atoms with van der Waals surface area (Å²) in [5, 5.41) is -0.150. The van der Waals surface area contributed by atoms with Gasteiger partial charge in [0.1, 0.15) is 10.7 Å². The maximum atomic E-state index is 13.6. The maximum absolute atomic E-state index is 13.6. The van der Waals surface area contributed by atoms with E-state index in [-0.39, 0.29) is 24.0 Å². The van der Waals surface area contributed by atoms with E-state index in [2.05, 4.69) is 4.72 Å². The molecule has 0 saturated heterocycles. The molecule has 1 aromatic carbocycles. The highest BCUT2D eigenvalue weighted by Crippen LogP contribution is 2.24. The zero-order valence-electron chi connectivity index (χ0n) is 11.3. The number of nitrogens with two attached hydrogens (primary N) is 1. The summed E-state index contributed by atoms with van der Waals surface area (Å²) in [5.74, 6) is -0.879. The number of hydrogen-bond acceptors (Lipinski definition) is 3. The Balaban J connectivity index is 0.00000361. The zero-order valence-corrected chi connectivity index (χ0v) is 13.7. The molecule has 0 aliphatic rings. The standard InChI is InChI=1S/C12H18ClFN2O2S.ClH/c1-3-12(15,4-2)8-16-19(17,18)11-9(13)6-5-7-10(11)14;/h5-7,16H,3-4,8,15H2,1-2H3;1H. The van der Waals surface area contributed by atoms with Crippen LogP contribution in [-0.4, -0.2) is 20.5 Å². The molecule has 0 radical (unpaired) electrons. The van der Waals surface area contributed by atoms with E-state index >= 15 is 0 Å². The van der Waals surface area contributed by atoms with E-state index in [0.29, 0.717) is 12.8 Å². The number of nitrogens with one attached hydrogen (secondary N) is 1. The number of benzene rings is 1. The highest BCUT2D eigenvalue weighted by Gasteiger charge is 2.27. The van der Waals surface area contributed by atoms with Crippen molar-refractivity contribution in [3.05, 3.63) is 29.0 Å². The summed E-state index contributed by atoms with van der Waals surface area (Å²) in [7, 11) is -4.01. The molecule has 4 nitrogen and oxygen atoms in total. The van der Waals surface area contributed by atoms with Crippen LogP contribution in [0.1, 0.15) is 26.7 Å². The predicted molar refractivity (Wildman–Crippen MR) is 81.3 cm³/mol. The first-order valence-corrected chi connectivity index (χ1v) is 7.84. The Kier molecular flexibility index (Phi) is 7.41. The van der Waals surface area contributed by atoms with E-state index in [4.69, 9.17) is 17.3 Å². The van der Waals surface area contributed by atoms with E-state index in [9.17, 15) is 12.8 Å². The first kappa shape index (κ1) is 19.6. The predicted octanol–water partition coefficient (Wildman–Crippen LogP) is 2.70. The van der Waals surface area contributed by atoms with Crippen molar-refractivity contribution < 1.29 is 12.8 Å². The molecule has 0 aliphatic carbocycles. The molecule has 0 heterocycles. The second kappa shape index (κ2) is 7.56. The molecule has 20 heavy (non-hydrogen) atoms. The van der Waals surface area contributed by atoms with Gasteiger partial charge in [0, 0.05) is 12.1 Å². The molecular weight excluding hydrogens is 326 g/mol. The molecule has 116 valence electrons. The molecule has 3 N–H and O–H groups in total. The summed E-state index contributed by atoms with van der Waals surface area (Å²) in [5.41, 5.74) is 5.36. The lowest BCUT2D eigenvalue weighted by atomic mass is 9.95. The third-order valence-electron chi connectivity index (χ3n) is 3.21. The molecule has 0 spiro atoms. The Bertz CT molecular complexity index is 528. The van der Waals surface area contributed by atoms with Crippen LogP contribution in [0.25, 0.3) is 0 Å². The Morgan fingerprint density at radius 2 is 1.90 bits per heavy atom. The summed E-state index contributed by atoms with van der Waals surface area (Å²) in [6, 6.07) is 3.73. The first-order chi connectivity index (χ1) is 8.75. The molecule has 0 aliphatic heterocycles. The molecule has 0 saturated carbocycles. The molecule has 0 fully saturated rings. The fraction of sp³-hybridized carbons (Fsp3) is 0.500. The van der Waals surface area contributed by atoms with Crippen LogP contribution in [-0.2, 0) is 10.0 Å². The summed E-state index contributed by atoms with van der Waals surface area (Å²) >= 11 is 5.74. The first-order valence-electron chi connectivity index (χ1n) is 5.98. The van der Waals surface area contributed by atoms with Gasteiger partial charge >= 0.3 is 0 Å². The SMILES string of the molecule is CCC(N)(CC)CNS(=O)(=O)c1c(F)cccc1Cl.Cl. The summed E-state index contributed by atoms with van der Waals surface area (Å²) in [6.07, 6.45) is 1.22. The van der Waals surface area contributed by atoms with Gasteiger partial charge in [0.15, 0.2) is 0 Å². The molecular formula is C12H19Cl2FN2O2S. The van der Waals surface area contributed by atoms with Gasteiger partial charge in [0.25, 0.3) is 0 Å². The molecule has 0 unspecified atom stereocenters. The minimum absolute atomic E-state index is 0. The highest BCUT2D eigenvalue weighted by atomic mass is 35.5. The van der Waals surface area contributed by atoms with Crippen molar-refractivity contribution in [2.45, 2.75) is 37.1 Å². The average Bonchev–Trinajstić information content (AvgIpc) is 2.35. The van der Waals surface area contributed by atoms with Crippen molar-refractivity contribution in [3.8, 4) is 0 Å². The van der Waals surface area contributed by atoms with Gasteiger partial charge in [-0.15, -0.1) is 12.4 Å². The van der Waals surface area contributed by atoms with Gasteiger partial charge in [-0.05, 0) is 25.0 Å². The zero-order chi connectivity index (χ0) is 14.7. The number of halogens is 3. The van der Waals surface area contributed by atoms with Crippen molar-refractivity contribution >= 4 is 34.0 Å². The molecule has 0 aromatic heterocycles. The molecule has 1 aromatic rings. The Morgan fingerprint density at radius 1 is 1.35 bits per heavy atom. The largest absolute Gasteiger partial charge is 0.324 e. The lowest BCUT2D eigenvalue weighted by Crippen LogP contribution is -2.49. The fourth-order valence-corrected chi connectivity index (χ4v) is 3.29. The third kappa shape index (κ3) is 4.56. The Hall–Kier alpha value is -0.400. The van der Waals surface area contributed by atoms with E-state index in [0.717, 1.165) is 6.07 Å². The van der Waals surface area contributed by atoms with Crippen LogP contribution in [0.4, 0.5) is 4.39 Å². The fourth-order valence-electron chi connectivity index (χ4n) is 1.55. The van der Waals surface area contributed by atoms with Gasteiger partial charge in [0.05, 0.1) is 5.02 Å². The van der Waals surface area contributed by atoms with Gasteiger partial charge < -0.3 is 5.73 Å². The Morgan fingerprint density at radius 3 is 2.35 bits per heavy atom. The van der Waals surface area contributed by atoms with Gasteiger partial charge in [0.2, 0.25) is 10.0 Å². The lowest BCUT2D eigenvalue weighted by Gasteiger charge is -2.26. The van der Waals surface area contributed by atoms with Crippen molar-refractivity contribution in [2.24, 2.45) is 5.73 Å². The molecule has 8 heteroatoms. The minimum Gasteiger partial charge on any atom is -0.324 e. The van der Waals surface area contributed by atoms with Gasteiger partial charge in [-0.2, -0.15) is 0 Å². The van der Waals surface area contributed by atoms with E-state index in [1.54, 1.807) is 0 Å². The molecule has 0 atom stereocenters. The van der Waals surface area contributed by atoms with Crippen LogP contribution in [0.3, 0.4) is 0 Å². The second-order valence-corrected chi connectivity index (χ2v) is 6.56. The maximum Gasteiger partial charge on any atom is 0.245 e. The molecule has 0 bridgehead atoms. The van der Waals surface area contributed by atoms with Crippen molar-refractivity contribution in [2.75, 3.05) is 6.54 Å². The third-order valence-corrected chi connectivity index (χ3v) is 5.11. The molecule has 0 amide bonds. The topological polar surface area (TPSA) is 72.2 Å². The van der Waals surface area contributed by atoms with Crippen molar-refractivity contribution in [3.63, 3.8) is 0 Å². The number of rotatable bonds is 6. The average molecular weight is 345 g/mol. The van der Waals surface area contributed by atoms with E-state index in [1.165, 1.54) is 12.1 Å². The van der Waals surface area contributed by atoms with Crippen molar-refractivity contribution in [1.82, 2.24) is 4.72 Å². The van der Waals surface area contributed by atoms with Crippen LogP contribution < -0.4 is 10.5 Å². The smallest absolute Gasteiger partial charge is 0.245 e. The number of hydrogen-bond donors (Lipinski definition) is 2. The van der Waals surface area contributed by atoms with Crippen LogP contribution in [0, 0.1) is 5.82 Å². The minimum atomic E-state index is -4.01. The summed E-state index contributed by atoms with van der Waals surface area (Å²) in [6.45, 7) is 3.77. The van der Waals surface area contributed by atoms with Crippen molar-refractivity contribution in [1.29, 1.82) is 0 Å². The van der Waals surface area contributed by atoms with Gasteiger partial charge in [-0.1, -0.05) is 31.5 Å². The van der Waals surface area contributed by atoms with Crippen LogP contribution in [0.5, 0.6) is 0 Å².